The first kappa shape index (κ1) is 18.5. The van der Waals surface area contributed by atoms with Crippen molar-refractivity contribution in [3.63, 3.8) is 0 Å². The molecule has 136 valence electrons. The van der Waals surface area contributed by atoms with Crippen molar-refractivity contribution < 1.29 is 9.59 Å². The largest absolute Gasteiger partial charge is 0.336 e. The molecule has 2 aromatic carbocycles. The van der Waals surface area contributed by atoms with E-state index in [-0.39, 0.29) is 17.9 Å². The molecule has 0 radical (unpaired) electrons. The summed E-state index contributed by atoms with van der Waals surface area (Å²) in [4.78, 5) is 29.3. The molecule has 2 amide bonds. The standard InChI is InChI=1S/C21H23ClN2O2/c1-2-17-15-23(21(26)18-10-6-7-11-19(18)22)13-12-20(25)24(17)14-16-8-4-3-5-9-16/h3-11,17H,2,12-15H2,1H3. The Morgan fingerprint density at radius 2 is 1.81 bits per heavy atom. The number of nitrogens with zero attached hydrogens (tertiary/aromatic N) is 2. The zero-order valence-electron chi connectivity index (χ0n) is 14.9. The van der Waals surface area contributed by atoms with Crippen molar-refractivity contribution in [3.05, 3.63) is 70.7 Å². The van der Waals surface area contributed by atoms with Gasteiger partial charge in [-0.2, -0.15) is 0 Å². The Morgan fingerprint density at radius 1 is 1.12 bits per heavy atom. The van der Waals surface area contributed by atoms with E-state index in [0.717, 1.165) is 12.0 Å². The van der Waals surface area contributed by atoms with Crippen molar-refractivity contribution in [1.29, 1.82) is 0 Å². The van der Waals surface area contributed by atoms with Crippen LogP contribution in [-0.2, 0) is 11.3 Å². The van der Waals surface area contributed by atoms with Gasteiger partial charge >= 0.3 is 0 Å². The third-order valence-electron chi connectivity index (χ3n) is 4.85. The Labute approximate surface area is 159 Å². The van der Waals surface area contributed by atoms with Crippen molar-refractivity contribution >= 4 is 23.4 Å². The van der Waals surface area contributed by atoms with Crippen molar-refractivity contribution in [2.45, 2.75) is 32.4 Å². The lowest BCUT2D eigenvalue weighted by Gasteiger charge is -2.31. The molecule has 0 spiro atoms. The van der Waals surface area contributed by atoms with E-state index in [1.807, 2.05) is 41.3 Å². The molecule has 0 saturated carbocycles. The third kappa shape index (κ3) is 4.07. The molecular weight excluding hydrogens is 348 g/mol. The maximum absolute atomic E-state index is 12.9. The van der Waals surface area contributed by atoms with Gasteiger partial charge in [-0.25, -0.2) is 0 Å². The second-order valence-electron chi connectivity index (χ2n) is 6.55. The Morgan fingerprint density at radius 3 is 2.50 bits per heavy atom. The second kappa shape index (κ2) is 8.37. The number of hydrogen-bond acceptors (Lipinski definition) is 2. The van der Waals surface area contributed by atoms with E-state index in [9.17, 15) is 9.59 Å². The molecule has 1 atom stereocenters. The summed E-state index contributed by atoms with van der Waals surface area (Å²) in [5, 5.41) is 0.447. The molecule has 1 unspecified atom stereocenters. The van der Waals surface area contributed by atoms with Gasteiger partial charge in [-0.3, -0.25) is 9.59 Å². The van der Waals surface area contributed by atoms with E-state index < -0.39 is 0 Å². The molecule has 2 aromatic rings. The summed E-state index contributed by atoms with van der Waals surface area (Å²) in [6.07, 6.45) is 1.13. The summed E-state index contributed by atoms with van der Waals surface area (Å²) in [5.41, 5.74) is 1.60. The highest BCUT2D eigenvalue weighted by atomic mass is 35.5. The predicted octanol–water partition coefficient (Wildman–Crippen LogP) is 3.99. The van der Waals surface area contributed by atoms with E-state index in [0.29, 0.717) is 36.6 Å². The molecule has 1 fully saturated rings. The highest BCUT2D eigenvalue weighted by molar-refractivity contribution is 6.33. The van der Waals surface area contributed by atoms with Crippen molar-refractivity contribution in [2.24, 2.45) is 0 Å². The summed E-state index contributed by atoms with van der Waals surface area (Å²) in [6.45, 7) is 3.58. The normalized spacial score (nSPS) is 17.9. The van der Waals surface area contributed by atoms with Gasteiger partial charge in [0.2, 0.25) is 5.91 Å². The van der Waals surface area contributed by atoms with Crippen molar-refractivity contribution in [3.8, 4) is 0 Å². The van der Waals surface area contributed by atoms with Crippen LogP contribution in [0.4, 0.5) is 0 Å². The van der Waals surface area contributed by atoms with E-state index in [1.165, 1.54) is 0 Å². The molecule has 4 nitrogen and oxygen atoms in total. The topological polar surface area (TPSA) is 40.6 Å². The highest BCUT2D eigenvalue weighted by Crippen LogP contribution is 2.22. The van der Waals surface area contributed by atoms with Crippen molar-refractivity contribution in [1.82, 2.24) is 9.80 Å². The fourth-order valence-electron chi connectivity index (χ4n) is 3.36. The summed E-state index contributed by atoms with van der Waals surface area (Å²) < 4.78 is 0. The van der Waals surface area contributed by atoms with Gasteiger partial charge in [0.1, 0.15) is 0 Å². The average Bonchev–Trinajstić information content (AvgIpc) is 2.82. The Kier molecular flexibility index (Phi) is 5.94. The van der Waals surface area contributed by atoms with E-state index in [1.54, 1.807) is 23.1 Å². The highest BCUT2D eigenvalue weighted by Gasteiger charge is 2.31. The zero-order valence-corrected chi connectivity index (χ0v) is 15.7. The number of carbonyl (C=O) groups excluding carboxylic acids is 2. The fourth-order valence-corrected chi connectivity index (χ4v) is 3.57. The van der Waals surface area contributed by atoms with Gasteiger partial charge in [-0.15, -0.1) is 0 Å². The van der Waals surface area contributed by atoms with Gasteiger partial charge in [0.05, 0.1) is 10.6 Å². The molecule has 1 heterocycles. The smallest absolute Gasteiger partial charge is 0.255 e. The van der Waals surface area contributed by atoms with E-state index in [2.05, 4.69) is 6.92 Å². The molecule has 26 heavy (non-hydrogen) atoms. The van der Waals surface area contributed by atoms with Gasteiger partial charge in [0.15, 0.2) is 0 Å². The lowest BCUT2D eigenvalue weighted by molar-refractivity contribution is -0.133. The molecular formula is C21H23ClN2O2. The van der Waals surface area contributed by atoms with Gasteiger partial charge in [-0.1, -0.05) is 61.0 Å². The van der Waals surface area contributed by atoms with Crippen LogP contribution in [0.15, 0.2) is 54.6 Å². The van der Waals surface area contributed by atoms with Gasteiger partial charge in [0, 0.05) is 32.1 Å². The van der Waals surface area contributed by atoms with Crippen LogP contribution in [0.3, 0.4) is 0 Å². The molecule has 0 N–H and O–H groups in total. The first-order chi connectivity index (χ1) is 12.6. The Hall–Kier alpha value is -2.33. The number of rotatable bonds is 4. The van der Waals surface area contributed by atoms with Crippen LogP contribution in [0.5, 0.6) is 0 Å². The Bertz CT molecular complexity index is 779. The number of amides is 2. The van der Waals surface area contributed by atoms with Gasteiger partial charge < -0.3 is 9.80 Å². The minimum Gasteiger partial charge on any atom is -0.336 e. The third-order valence-corrected chi connectivity index (χ3v) is 5.18. The minimum absolute atomic E-state index is 0.00311. The SMILES string of the molecule is CCC1CN(C(=O)c2ccccc2Cl)CCC(=O)N1Cc1ccccc1. The van der Waals surface area contributed by atoms with Crippen LogP contribution >= 0.6 is 11.6 Å². The zero-order chi connectivity index (χ0) is 18.5. The van der Waals surface area contributed by atoms with Gasteiger partial charge in [-0.05, 0) is 24.1 Å². The molecule has 3 rings (SSSR count). The summed E-state index contributed by atoms with van der Waals surface area (Å²) in [7, 11) is 0. The van der Waals surface area contributed by atoms with E-state index in [4.69, 9.17) is 11.6 Å². The maximum atomic E-state index is 12.9. The molecule has 0 aliphatic carbocycles. The number of benzene rings is 2. The summed E-state index contributed by atoms with van der Waals surface area (Å²) >= 11 is 6.19. The maximum Gasteiger partial charge on any atom is 0.255 e. The predicted molar refractivity (Wildman–Crippen MR) is 103 cm³/mol. The molecule has 1 aliphatic rings. The Balaban J connectivity index is 1.80. The number of halogens is 1. The summed E-state index contributed by atoms with van der Waals surface area (Å²) in [5.74, 6) is -0.0152. The number of hydrogen-bond donors (Lipinski definition) is 0. The van der Waals surface area contributed by atoms with Crippen molar-refractivity contribution in [2.75, 3.05) is 13.1 Å². The quantitative estimate of drug-likeness (QED) is 0.816. The second-order valence-corrected chi connectivity index (χ2v) is 6.96. The first-order valence-electron chi connectivity index (χ1n) is 8.97. The lowest BCUT2D eigenvalue weighted by atomic mass is 10.1. The number of carbonyl (C=O) groups is 2. The van der Waals surface area contributed by atoms with E-state index >= 15 is 0 Å². The van der Waals surface area contributed by atoms with Crippen LogP contribution in [0.25, 0.3) is 0 Å². The molecule has 0 bridgehead atoms. The van der Waals surface area contributed by atoms with Crippen LogP contribution in [-0.4, -0.2) is 40.7 Å². The minimum atomic E-state index is -0.108. The summed E-state index contributed by atoms with van der Waals surface area (Å²) in [6, 6.07) is 17.0. The van der Waals surface area contributed by atoms with Crippen LogP contribution in [0, 0.1) is 0 Å². The van der Waals surface area contributed by atoms with Crippen LogP contribution in [0.1, 0.15) is 35.7 Å². The molecule has 0 aromatic heterocycles. The molecule has 5 heteroatoms. The molecule has 1 aliphatic heterocycles. The van der Waals surface area contributed by atoms with Crippen LogP contribution < -0.4 is 0 Å². The first-order valence-corrected chi connectivity index (χ1v) is 9.35. The van der Waals surface area contributed by atoms with Gasteiger partial charge in [0.25, 0.3) is 5.91 Å². The lowest BCUT2D eigenvalue weighted by Crippen LogP contribution is -2.43. The van der Waals surface area contributed by atoms with Crippen LogP contribution in [0.2, 0.25) is 5.02 Å². The fraction of sp³-hybridized carbons (Fsp3) is 0.333. The average molecular weight is 371 g/mol. The molecule has 1 saturated heterocycles. The monoisotopic (exact) mass is 370 g/mol.